The second-order valence-corrected chi connectivity index (χ2v) is 7.99. The number of hydrogen-bond donors (Lipinski definition) is 1. The lowest BCUT2D eigenvalue weighted by atomic mass is 9.91. The van der Waals surface area contributed by atoms with Crippen molar-refractivity contribution in [2.24, 2.45) is 22.8 Å². The van der Waals surface area contributed by atoms with Gasteiger partial charge in [0.2, 0.25) is 0 Å². The lowest BCUT2D eigenvalue weighted by Gasteiger charge is -2.16. The van der Waals surface area contributed by atoms with Crippen molar-refractivity contribution < 1.29 is 4.74 Å². The second kappa shape index (κ2) is 9.82. The molecule has 0 spiro atoms. The minimum atomic E-state index is 0.366. The highest BCUT2D eigenvalue weighted by atomic mass is 16.5. The van der Waals surface area contributed by atoms with Crippen molar-refractivity contribution in [3.05, 3.63) is 58.5 Å². The van der Waals surface area contributed by atoms with Crippen molar-refractivity contribution in [1.29, 1.82) is 0 Å². The van der Waals surface area contributed by atoms with E-state index in [1.807, 2.05) is 17.9 Å². The number of aliphatic imine (C=N–C) groups is 2. The number of rotatable bonds is 8. The van der Waals surface area contributed by atoms with Crippen molar-refractivity contribution >= 4 is 18.0 Å². The molecule has 0 fully saturated rings. The zero-order chi connectivity index (χ0) is 22.5. The Labute approximate surface area is 188 Å². The maximum Gasteiger partial charge on any atom is 0.251 e. The van der Waals surface area contributed by atoms with Crippen LogP contribution < -0.4 is 5.73 Å². The molecule has 0 bridgehead atoms. The van der Waals surface area contributed by atoms with E-state index in [-0.39, 0.29) is 0 Å². The van der Waals surface area contributed by atoms with E-state index in [9.17, 15) is 0 Å². The van der Waals surface area contributed by atoms with Crippen LogP contribution in [0.5, 0.6) is 0 Å². The standard InChI is InChI=1S/C24H29N7O/c1-16-5-4-6-17(13-16)14-20-22-19(30-31(20)2)8-7-18-15-27-24(29-23(18)22)28-21(25)9-10-26-11-12-32-3/h4-6,10,13,15H,7-9,11-12,14H2,1-3H3,(H2,25,27,28,29). The monoisotopic (exact) mass is 431 g/mol. The maximum atomic E-state index is 6.07. The lowest BCUT2D eigenvalue weighted by Crippen LogP contribution is -2.13. The average Bonchev–Trinajstić information content (AvgIpc) is 3.09. The second-order valence-electron chi connectivity index (χ2n) is 7.99. The maximum absolute atomic E-state index is 6.07. The number of aromatic nitrogens is 4. The quantitative estimate of drug-likeness (QED) is 0.335. The fourth-order valence-corrected chi connectivity index (χ4v) is 3.96. The van der Waals surface area contributed by atoms with Crippen LogP contribution in [0.2, 0.25) is 0 Å². The minimum absolute atomic E-state index is 0.366. The number of methoxy groups -OCH3 is 1. The SMILES string of the molecule is COCCN=CCC(N)=Nc1ncc2c(n1)-c1c(nn(C)c1Cc1cccc(C)c1)CC2. The third-order valence-corrected chi connectivity index (χ3v) is 5.51. The van der Waals surface area contributed by atoms with E-state index in [1.54, 1.807) is 13.3 Å². The third-order valence-electron chi connectivity index (χ3n) is 5.51. The molecule has 32 heavy (non-hydrogen) atoms. The van der Waals surface area contributed by atoms with Gasteiger partial charge in [0, 0.05) is 45.0 Å². The van der Waals surface area contributed by atoms with Crippen LogP contribution in [0.3, 0.4) is 0 Å². The predicted molar refractivity (Wildman–Crippen MR) is 127 cm³/mol. The molecule has 0 atom stereocenters. The Hall–Kier alpha value is -3.39. The largest absolute Gasteiger partial charge is 0.387 e. The van der Waals surface area contributed by atoms with Crippen LogP contribution in [0, 0.1) is 6.92 Å². The lowest BCUT2D eigenvalue weighted by molar-refractivity contribution is 0.208. The molecule has 8 nitrogen and oxygen atoms in total. The first kappa shape index (κ1) is 21.8. The summed E-state index contributed by atoms with van der Waals surface area (Å²) >= 11 is 0. The molecule has 2 N–H and O–H groups in total. The first-order valence-corrected chi connectivity index (χ1v) is 10.8. The summed E-state index contributed by atoms with van der Waals surface area (Å²) in [6, 6.07) is 8.58. The van der Waals surface area contributed by atoms with Gasteiger partial charge in [-0.2, -0.15) is 10.1 Å². The summed E-state index contributed by atoms with van der Waals surface area (Å²) in [5.74, 6) is 0.790. The van der Waals surface area contributed by atoms with Crippen molar-refractivity contribution in [3.8, 4) is 11.3 Å². The zero-order valence-electron chi connectivity index (χ0n) is 18.9. The molecule has 166 valence electrons. The van der Waals surface area contributed by atoms with Crippen LogP contribution >= 0.6 is 0 Å². The number of nitrogens with zero attached hydrogens (tertiary/aromatic N) is 6. The molecule has 0 saturated heterocycles. The molecule has 1 aliphatic carbocycles. The summed E-state index contributed by atoms with van der Waals surface area (Å²) in [4.78, 5) is 17.9. The number of hydrogen-bond acceptors (Lipinski definition) is 6. The molecule has 0 aliphatic heterocycles. The molecule has 0 unspecified atom stereocenters. The Morgan fingerprint density at radius 1 is 1.31 bits per heavy atom. The van der Waals surface area contributed by atoms with Gasteiger partial charge in [-0.3, -0.25) is 9.67 Å². The molecule has 0 radical (unpaired) electrons. The molecule has 1 aromatic carbocycles. The Morgan fingerprint density at radius 2 is 2.19 bits per heavy atom. The summed E-state index contributed by atoms with van der Waals surface area (Å²) in [7, 11) is 3.66. The van der Waals surface area contributed by atoms with Gasteiger partial charge < -0.3 is 10.5 Å². The van der Waals surface area contributed by atoms with Gasteiger partial charge in [-0.15, -0.1) is 0 Å². The van der Waals surface area contributed by atoms with Gasteiger partial charge >= 0.3 is 0 Å². The number of amidine groups is 1. The highest BCUT2D eigenvalue weighted by Crippen LogP contribution is 2.35. The van der Waals surface area contributed by atoms with Gasteiger partial charge in [-0.05, 0) is 30.9 Å². The van der Waals surface area contributed by atoms with E-state index < -0.39 is 0 Å². The average molecular weight is 432 g/mol. The molecule has 2 aromatic heterocycles. The predicted octanol–water partition coefficient (Wildman–Crippen LogP) is 2.97. The number of benzene rings is 1. The topological polar surface area (TPSA) is 104 Å². The highest BCUT2D eigenvalue weighted by molar-refractivity contribution is 5.93. The van der Waals surface area contributed by atoms with E-state index in [4.69, 9.17) is 20.6 Å². The van der Waals surface area contributed by atoms with Gasteiger partial charge in [0.25, 0.3) is 5.95 Å². The number of ether oxygens (including phenoxy) is 1. The molecular formula is C24H29N7O. The van der Waals surface area contributed by atoms with Crippen LogP contribution in [0.1, 0.15) is 34.5 Å². The minimum Gasteiger partial charge on any atom is -0.387 e. The first-order chi connectivity index (χ1) is 15.5. The van der Waals surface area contributed by atoms with Crippen molar-refractivity contribution in [3.63, 3.8) is 0 Å². The van der Waals surface area contributed by atoms with Crippen LogP contribution in [-0.4, -0.2) is 52.1 Å². The molecule has 4 rings (SSSR count). The normalized spacial score (nSPS) is 13.4. The zero-order valence-corrected chi connectivity index (χ0v) is 18.9. The van der Waals surface area contributed by atoms with Crippen molar-refractivity contribution in [2.75, 3.05) is 20.3 Å². The third kappa shape index (κ3) is 4.91. The highest BCUT2D eigenvalue weighted by Gasteiger charge is 2.26. The van der Waals surface area contributed by atoms with E-state index >= 15 is 0 Å². The van der Waals surface area contributed by atoms with Gasteiger partial charge in [-0.25, -0.2) is 9.97 Å². The van der Waals surface area contributed by atoms with Crippen LogP contribution in [0.15, 0.2) is 40.4 Å². The molecule has 0 amide bonds. The summed E-state index contributed by atoms with van der Waals surface area (Å²) in [6.45, 7) is 3.30. The first-order valence-electron chi connectivity index (χ1n) is 10.8. The smallest absolute Gasteiger partial charge is 0.251 e. The van der Waals surface area contributed by atoms with Crippen molar-refractivity contribution in [2.45, 2.75) is 32.6 Å². The van der Waals surface area contributed by atoms with E-state index in [0.717, 1.165) is 47.5 Å². The van der Waals surface area contributed by atoms with Gasteiger partial charge in [0.05, 0.1) is 30.2 Å². The number of nitrogens with two attached hydrogens (primary N) is 1. The summed E-state index contributed by atoms with van der Waals surface area (Å²) in [5.41, 5.74) is 13.9. The Morgan fingerprint density at radius 3 is 3.00 bits per heavy atom. The summed E-state index contributed by atoms with van der Waals surface area (Å²) in [5, 5.41) is 4.79. The summed E-state index contributed by atoms with van der Waals surface area (Å²) in [6.07, 6.45) is 6.61. The number of aryl methyl sites for hydroxylation is 4. The Kier molecular flexibility index (Phi) is 6.70. The molecular weight excluding hydrogens is 402 g/mol. The number of fused-ring (bicyclic) bond motifs is 3. The fourth-order valence-electron chi connectivity index (χ4n) is 3.96. The van der Waals surface area contributed by atoms with Gasteiger partial charge in [0.1, 0.15) is 5.84 Å². The van der Waals surface area contributed by atoms with Crippen LogP contribution in [0.4, 0.5) is 5.95 Å². The molecule has 8 heteroatoms. The molecule has 2 heterocycles. The van der Waals surface area contributed by atoms with E-state index in [1.165, 1.54) is 11.1 Å². The summed E-state index contributed by atoms with van der Waals surface area (Å²) < 4.78 is 6.96. The van der Waals surface area contributed by atoms with Crippen LogP contribution in [0.25, 0.3) is 11.3 Å². The molecule has 1 aliphatic rings. The fraction of sp³-hybridized carbons (Fsp3) is 0.375. The Balaban J connectivity index is 1.63. The Bertz CT molecular complexity index is 1160. The van der Waals surface area contributed by atoms with E-state index in [0.29, 0.717) is 31.4 Å². The van der Waals surface area contributed by atoms with Crippen molar-refractivity contribution in [1.82, 2.24) is 19.7 Å². The molecule has 0 saturated carbocycles. The van der Waals surface area contributed by atoms with Gasteiger partial charge in [0.15, 0.2) is 0 Å². The molecule has 3 aromatic rings. The van der Waals surface area contributed by atoms with Crippen LogP contribution in [-0.2, 0) is 31.0 Å². The van der Waals surface area contributed by atoms with Gasteiger partial charge in [-0.1, -0.05) is 29.8 Å². The van der Waals surface area contributed by atoms with E-state index in [2.05, 4.69) is 46.2 Å².